The van der Waals surface area contributed by atoms with Gasteiger partial charge in [0.1, 0.15) is 6.04 Å². The second kappa shape index (κ2) is 4.61. The third kappa shape index (κ3) is 2.47. The number of rotatable bonds is 3. The summed E-state index contributed by atoms with van der Waals surface area (Å²) in [6, 6.07) is -0.619. The lowest BCUT2D eigenvalue weighted by molar-refractivity contribution is -0.150. The zero-order valence-electron chi connectivity index (χ0n) is 9.36. The van der Waals surface area contributed by atoms with Crippen molar-refractivity contribution in [3.63, 3.8) is 0 Å². The van der Waals surface area contributed by atoms with Gasteiger partial charge in [0.15, 0.2) is 0 Å². The second-order valence-corrected chi connectivity index (χ2v) is 4.10. The maximum Gasteiger partial charge on any atom is 0.326 e. The summed E-state index contributed by atoms with van der Waals surface area (Å²) < 4.78 is 0. The lowest BCUT2D eigenvalue weighted by Gasteiger charge is -2.26. The van der Waals surface area contributed by atoms with Gasteiger partial charge in [-0.1, -0.05) is 0 Å². The van der Waals surface area contributed by atoms with Crippen LogP contribution >= 0.6 is 0 Å². The average molecular weight is 214 g/mol. The molecule has 1 fully saturated rings. The molecule has 2 N–H and O–H groups in total. The molecule has 1 heterocycles. The summed E-state index contributed by atoms with van der Waals surface area (Å²) in [4.78, 5) is 24.0. The molecule has 0 aliphatic carbocycles. The van der Waals surface area contributed by atoms with E-state index in [0.29, 0.717) is 0 Å². The Balaban J connectivity index is 2.63. The van der Waals surface area contributed by atoms with Crippen molar-refractivity contribution in [3.05, 3.63) is 0 Å². The molecule has 15 heavy (non-hydrogen) atoms. The number of likely N-dealkylation sites (N-methyl/N-ethyl adjacent to an activating group) is 1. The van der Waals surface area contributed by atoms with Crippen LogP contribution < -0.4 is 5.32 Å². The molecular formula is C10H18N2O3. The minimum atomic E-state index is -0.968. The van der Waals surface area contributed by atoms with Gasteiger partial charge in [-0.05, 0) is 26.8 Å². The van der Waals surface area contributed by atoms with E-state index in [0.717, 1.165) is 13.0 Å². The zero-order chi connectivity index (χ0) is 11.6. The quantitative estimate of drug-likeness (QED) is 0.689. The molecule has 3 unspecified atom stereocenters. The molecule has 5 nitrogen and oxygen atoms in total. The third-order valence-electron chi connectivity index (χ3n) is 3.13. The zero-order valence-corrected chi connectivity index (χ0v) is 9.36. The van der Waals surface area contributed by atoms with Crippen LogP contribution in [0.25, 0.3) is 0 Å². The maximum absolute atomic E-state index is 11.9. The molecule has 3 atom stereocenters. The van der Waals surface area contributed by atoms with Crippen LogP contribution in [0.5, 0.6) is 0 Å². The van der Waals surface area contributed by atoms with Crippen molar-refractivity contribution in [2.75, 3.05) is 13.6 Å². The Hall–Kier alpha value is -1.10. The highest BCUT2D eigenvalue weighted by atomic mass is 16.4. The molecule has 86 valence electrons. The monoisotopic (exact) mass is 214 g/mol. The fourth-order valence-electron chi connectivity index (χ4n) is 1.81. The first-order valence-electron chi connectivity index (χ1n) is 5.18. The fourth-order valence-corrected chi connectivity index (χ4v) is 1.81. The Morgan fingerprint density at radius 2 is 2.13 bits per heavy atom. The molecule has 0 saturated carbocycles. The predicted octanol–water partition coefficient (Wildman–Crippen LogP) is -0.0841. The number of carbonyl (C=O) groups is 2. The molecule has 0 spiro atoms. The van der Waals surface area contributed by atoms with E-state index in [1.54, 1.807) is 7.05 Å². The van der Waals surface area contributed by atoms with Crippen LogP contribution in [0.1, 0.15) is 20.3 Å². The van der Waals surface area contributed by atoms with Crippen molar-refractivity contribution in [3.8, 4) is 0 Å². The highest BCUT2D eigenvalue weighted by Gasteiger charge is 2.34. The van der Waals surface area contributed by atoms with Crippen molar-refractivity contribution >= 4 is 11.9 Å². The minimum absolute atomic E-state index is 0.0811. The topological polar surface area (TPSA) is 69.6 Å². The SMILES string of the molecule is CC1NCCC1C(=O)N(C)C(C)C(=O)O. The molecule has 0 bridgehead atoms. The van der Waals surface area contributed by atoms with Crippen molar-refractivity contribution < 1.29 is 14.7 Å². The van der Waals surface area contributed by atoms with Gasteiger partial charge in [-0.15, -0.1) is 0 Å². The van der Waals surface area contributed by atoms with Gasteiger partial charge in [0.05, 0.1) is 5.92 Å². The largest absolute Gasteiger partial charge is 0.480 e. The number of carbonyl (C=O) groups excluding carboxylic acids is 1. The Morgan fingerprint density at radius 1 is 1.53 bits per heavy atom. The summed E-state index contributed by atoms with van der Waals surface area (Å²) in [7, 11) is 1.55. The van der Waals surface area contributed by atoms with E-state index < -0.39 is 12.0 Å². The number of hydrogen-bond acceptors (Lipinski definition) is 3. The first-order valence-corrected chi connectivity index (χ1v) is 5.18. The van der Waals surface area contributed by atoms with Crippen molar-refractivity contribution in [2.24, 2.45) is 5.92 Å². The molecule has 1 saturated heterocycles. The van der Waals surface area contributed by atoms with Crippen molar-refractivity contribution in [1.82, 2.24) is 10.2 Å². The normalized spacial score (nSPS) is 27.4. The first kappa shape index (κ1) is 12.0. The van der Waals surface area contributed by atoms with Gasteiger partial charge >= 0.3 is 5.97 Å². The summed E-state index contributed by atoms with van der Waals surface area (Å²) in [6.45, 7) is 4.30. The van der Waals surface area contributed by atoms with Crippen molar-refractivity contribution in [1.29, 1.82) is 0 Å². The van der Waals surface area contributed by atoms with Gasteiger partial charge < -0.3 is 15.3 Å². The van der Waals surface area contributed by atoms with E-state index in [-0.39, 0.29) is 17.9 Å². The smallest absolute Gasteiger partial charge is 0.326 e. The van der Waals surface area contributed by atoms with Crippen LogP contribution in [0.3, 0.4) is 0 Å². The number of aliphatic carboxylic acids is 1. The van der Waals surface area contributed by atoms with Gasteiger partial charge in [0.2, 0.25) is 5.91 Å². The molecule has 0 radical (unpaired) electrons. The maximum atomic E-state index is 11.9. The number of carboxylic acids is 1. The molecule has 0 aromatic rings. The van der Waals surface area contributed by atoms with Crippen molar-refractivity contribution in [2.45, 2.75) is 32.4 Å². The van der Waals surface area contributed by atoms with E-state index in [9.17, 15) is 9.59 Å². The molecule has 0 aromatic carbocycles. The van der Waals surface area contributed by atoms with Gasteiger partial charge in [-0.25, -0.2) is 4.79 Å². The highest BCUT2D eigenvalue weighted by Crippen LogP contribution is 2.18. The summed E-state index contributed by atoms with van der Waals surface area (Å²) in [5.74, 6) is -1.14. The number of nitrogens with one attached hydrogen (secondary N) is 1. The summed E-state index contributed by atoms with van der Waals surface area (Å²) in [6.07, 6.45) is 0.788. The average Bonchev–Trinajstić information content (AvgIpc) is 2.60. The molecule has 1 aliphatic rings. The van der Waals surface area contributed by atoms with Gasteiger partial charge in [0.25, 0.3) is 0 Å². The Labute approximate surface area is 89.4 Å². The van der Waals surface area contributed by atoms with E-state index in [4.69, 9.17) is 5.11 Å². The number of hydrogen-bond donors (Lipinski definition) is 2. The fraction of sp³-hybridized carbons (Fsp3) is 0.800. The number of carboxylic acid groups (broad SMARTS) is 1. The molecule has 1 aliphatic heterocycles. The first-order chi connectivity index (χ1) is 6.95. The summed E-state index contributed by atoms with van der Waals surface area (Å²) in [5.41, 5.74) is 0. The van der Waals surface area contributed by atoms with E-state index in [1.807, 2.05) is 6.92 Å². The third-order valence-corrected chi connectivity index (χ3v) is 3.13. The standard InChI is InChI=1S/C10H18N2O3/c1-6-8(4-5-11-6)9(13)12(3)7(2)10(14)15/h6-8,11H,4-5H2,1-3H3,(H,14,15). The van der Waals surface area contributed by atoms with Crippen LogP contribution in [0.15, 0.2) is 0 Å². The van der Waals surface area contributed by atoms with Crippen LogP contribution in [-0.2, 0) is 9.59 Å². The Morgan fingerprint density at radius 3 is 2.53 bits per heavy atom. The highest BCUT2D eigenvalue weighted by molar-refractivity contribution is 5.85. The Kier molecular flexibility index (Phi) is 3.68. The van der Waals surface area contributed by atoms with Crippen LogP contribution in [-0.4, -0.2) is 47.6 Å². The Bertz CT molecular complexity index is 267. The molecule has 5 heteroatoms. The molecule has 1 amide bonds. The van der Waals surface area contributed by atoms with E-state index >= 15 is 0 Å². The van der Waals surface area contributed by atoms with E-state index in [1.165, 1.54) is 11.8 Å². The minimum Gasteiger partial charge on any atom is -0.480 e. The van der Waals surface area contributed by atoms with Crippen LogP contribution in [0.2, 0.25) is 0 Å². The summed E-state index contributed by atoms with van der Waals surface area (Å²) >= 11 is 0. The number of amides is 1. The molecule has 1 rings (SSSR count). The molecular weight excluding hydrogens is 196 g/mol. The van der Waals surface area contributed by atoms with Gasteiger partial charge in [-0.2, -0.15) is 0 Å². The lowest BCUT2D eigenvalue weighted by atomic mass is 10.00. The predicted molar refractivity (Wildman–Crippen MR) is 55.4 cm³/mol. The number of nitrogens with zero attached hydrogens (tertiary/aromatic N) is 1. The summed E-state index contributed by atoms with van der Waals surface area (Å²) in [5, 5.41) is 12.0. The van der Waals surface area contributed by atoms with E-state index in [2.05, 4.69) is 5.32 Å². The second-order valence-electron chi connectivity index (χ2n) is 4.10. The molecule has 0 aromatic heterocycles. The van der Waals surface area contributed by atoms with Crippen LogP contribution in [0, 0.1) is 5.92 Å². The van der Waals surface area contributed by atoms with Crippen LogP contribution in [0.4, 0.5) is 0 Å². The van der Waals surface area contributed by atoms with Gasteiger partial charge in [-0.3, -0.25) is 4.79 Å². The lowest BCUT2D eigenvalue weighted by Crippen LogP contribution is -2.45. The van der Waals surface area contributed by atoms with Gasteiger partial charge in [0, 0.05) is 13.1 Å².